The number of hydrogen-bond acceptors (Lipinski definition) is 3. The number of carbonyl (C=O) groups is 1. The lowest BCUT2D eigenvalue weighted by Gasteiger charge is -2.03. The molecule has 0 aliphatic rings. The maximum absolute atomic E-state index is 13.2. The molecule has 0 amide bonds. The van der Waals surface area contributed by atoms with Gasteiger partial charge < -0.3 is 10.2 Å². The summed E-state index contributed by atoms with van der Waals surface area (Å²) >= 11 is 1.49. The Labute approximate surface area is 103 Å². The van der Waals surface area contributed by atoms with Gasteiger partial charge in [-0.05, 0) is 29.3 Å². The van der Waals surface area contributed by atoms with E-state index in [2.05, 4.69) is 0 Å². The Morgan fingerprint density at radius 2 is 2.18 bits per heavy atom. The van der Waals surface area contributed by atoms with E-state index in [1.165, 1.54) is 30.0 Å². The number of thioether (sulfide) groups is 1. The number of aliphatic hydroxyl groups excluding tert-OH is 1. The fourth-order valence-electron chi connectivity index (χ4n) is 1.28. The molecule has 0 aromatic heterocycles. The molecule has 0 fully saturated rings. The van der Waals surface area contributed by atoms with Gasteiger partial charge in [0, 0.05) is 17.6 Å². The lowest BCUT2D eigenvalue weighted by Crippen LogP contribution is -1.91. The Morgan fingerprint density at radius 1 is 1.41 bits per heavy atom. The summed E-state index contributed by atoms with van der Waals surface area (Å²) in [5.74, 6) is -0.272. The van der Waals surface area contributed by atoms with Crippen molar-refractivity contribution in [1.29, 1.82) is 0 Å². The molecule has 17 heavy (non-hydrogen) atoms. The average Bonchev–Trinajstić information content (AvgIpc) is 2.26. The topological polar surface area (TPSA) is 57.5 Å². The molecule has 0 aliphatic carbocycles. The summed E-state index contributed by atoms with van der Waals surface area (Å²) in [6, 6.07) is 4.41. The van der Waals surface area contributed by atoms with Gasteiger partial charge in [-0.3, -0.25) is 0 Å². The molecule has 0 atom stereocenters. The monoisotopic (exact) mass is 256 g/mol. The standard InChI is InChI=1S/C12H13FO3S/c13-11-6-9(1-2-12(15)16)5-10(7-11)8-17-4-3-14/h1-2,5-7,14H,3-4,8H2,(H,15,16). The van der Waals surface area contributed by atoms with Gasteiger partial charge in [0.2, 0.25) is 0 Å². The molecular weight excluding hydrogens is 243 g/mol. The van der Waals surface area contributed by atoms with Gasteiger partial charge in [0.15, 0.2) is 0 Å². The van der Waals surface area contributed by atoms with Crippen molar-refractivity contribution in [2.24, 2.45) is 0 Å². The zero-order valence-electron chi connectivity index (χ0n) is 9.10. The summed E-state index contributed by atoms with van der Waals surface area (Å²) in [4.78, 5) is 10.3. The number of carboxylic acid groups (broad SMARTS) is 1. The van der Waals surface area contributed by atoms with Gasteiger partial charge >= 0.3 is 5.97 Å². The summed E-state index contributed by atoms with van der Waals surface area (Å²) < 4.78 is 13.2. The van der Waals surface area contributed by atoms with Crippen LogP contribution in [0, 0.1) is 5.82 Å². The van der Waals surface area contributed by atoms with Crippen LogP contribution in [0.25, 0.3) is 6.08 Å². The van der Waals surface area contributed by atoms with E-state index in [1.54, 1.807) is 6.07 Å². The van der Waals surface area contributed by atoms with Crippen LogP contribution in [0.15, 0.2) is 24.3 Å². The molecule has 0 spiro atoms. The number of rotatable bonds is 6. The molecule has 3 nitrogen and oxygen atoms in total. The van der Waals surface area contributed by atoms with Crippen molar-refractivity contribution < 1.29 is 19.4 Å². The normalized spacial score (nSPS) is 10.9. The Bertz CT molecular complexity index is 418. The van der Waals surface area contributed by atoms with E-state index in [0.29, 0.717) is 17.1 Å². The van der Waals surface area contributed by atoms with Crippen LogP contribution >= 0.6 is 11.8 Å². The highest BCUT2D eigenvalue weighted by molar-refractivity contribution is 7.98. The Kier molecular flexibility index (Phi) is 5.72. The van der Waals surface area contributed by atoms with Crippen molar-refractivity contribution in [2.45, 2.75) is 5.75 Å². The van der Waals surface area contributed by atoms with Crippen LogP contribution in [0.5, 0.6) is 0 Å². The minimum absolute atomic E-state index is 0.0890. The van der Waals surface area contributed by atoms with Crippen molar-refractivity contribution in [1.82, 2.24) is 0 Å². The molecule has 0 unspecified atom stereocenters. The van der Waals surface area contributed by atoms with Gasteiger partial charge in [-0.15, -0.1) is 0 Å². The highest BCUT2D eigenvalue weighted by Crippen LogP contribution is 2.16. The van der Waals surface area contributed by atoms with Crippen LogP contribution in [0.1, 0.15) is 11.1 Å². The first-order chi connectivity index (χ1) is 8.11. The number of aliphatic hydroxyl groups is 1. The number of aliphatic carboxylic acids is 1. The molecule has 0 saturated heterocycles. The smallest absolute Gasteiger partial charge is 0.328 e. The SMILES string of the molecule is O=C(O)C=Cc1cc(F)cc(CSCCO)c1. The summed E-state index contributed by atoms with van der Waals surface area (Å²) in [5, 5.41) is 17.1. The van der Waals surface area contributed by atoms with E-state index in [1.807, 2.05) is 0 Å². The number of hydrogen-bond donors (Lipinski definition) is 2. The average molecular weight is 256 g/mol. The van der Waals surface area contributed by atoms with E-state index >= 15 is 0 Å². The van der Waals surface area contributed by atoms with Crippen LogP contribution < -0.4 is 0 Å². The van der Waals surface area contributed by atoms with Crippen LogP contribution in [0.3, 0.4) is 0 Å². The molecule has 1 aromatic carbocycles. The molecule has 1 rings (SSSR count). The largest absolute Gasteiger partial charge is 0.478 e. The first-order valence-corrected chi connectivity index (χ1v) is 6.16. The summed E-state index contributed by atoms with van der Waals surface area (Å²) in [5.41, 5.74) is 1.29. The minimum Gasteiger partial charge on any atom is -0.478 e. The molecule has 0 heterocycles. The lowest BCUT2D eigenvalue weighted by molar-refractivity contribution is -0.131. The fraction of sp³-hybridized carbons (Fsp3) is 0.250. The van der Waals surface area contributed by atoms with Crippen molar-refractivity contribution >= 4 is 23.8 Å². The van der Waals surface area contributed by atoms with Crippen molar-refractivity contribution in [3.05, 3.63) is 41.2 Å². The maximum Gasteiger partial charge on any atom is 0.328 e. The van der Waals surface area contributed by atoms with Crippen molar-refractivity contribution in [3.63, 3.8) is 0 Å². The highest BCUT2D eigenvalue weighted by atomic mass is 32.2. The molecular formula is C12H13FO3S. The van der Waals surface area contributed by atoms with Crippen LogP contribution in [0.4, 0.5) is 4.39 Å². The second-order valence-corrected chi connectivity index (χ2v) is 4.45. The molecule has 2 N–H and O–H groups in total. The van der Waals surface area contributed by atoms with Crippen LogP contribution in [-0.2, 0) is 10.5 Å². The van der Waals surface area contributed by atoms with E-state index in [0.717, 1.165) is 11.6 Å². The second kappa shape index (κ2) is 7.09. The molecule has 1 aromatic rings. The molecule has 0 aliphatic heterocycles. The van der Waals surface area contributed by atoms with Crippen molar-refractivity contribution in [2.75, 3.05) is 12.4 Å². The van der Waals surface area contributed by atoms with Crippen molar-refractivity contribution in [3.8, 4) is 0 Å². The maximum atomic E-state index is 13.2. The van der Waals surface area contributed by atoms with Gasteiger partial charge in [-0.25, -0.2) is 9.18 Å². The van der Waals surface area contributed by atoms with Crippen LogP contribution in [-0.4, -0.2) is 28.5 Å². The third kappa shape index (κ3) is 5.51. The summed E-state index contributed by atoms with van der Waals surface area (Å²) in [6.45, 7) is 0.0890. The summed E-state index contributed by atoms with van der Waals surface area (Å²) in [7, 11) is 0. The third-order valence-corrected chi connectivity index (χ3v) is 2.91. The van der Waals surface area contributed by atoms with E-state index in [-0.39, 0.29) is 6.61 Å². The van der Waals surface area contributed by atoms with Gasteiger partial charge in [0.25, 0.3) is 0 Å². The van der Waals surface area contributed by atoms with Gasteiger partial charge in [0.1, 0.15) is 5.82 Å². The first kappa shape index (κ1) is 13.7. The van der Waals surface area contributed by atoms with E-state index < -0.39 is 11.8 Å². The first-order valence-electron chi connectivity index (χ1n) is 5.01. The number of benzene rings is 1. The zero-order valence-corrected chi connectivity index (χ0v) is 9.91. The van der Waals surface area contributed by atoms with E-state index in [9.17, 15) is 9.18 Å². The zero-order chi connectivity index (χ0) is 12.7. The number of carboxylic acids is 1. The molecule has 0 bridgehead atoms. The Hall–Kier alpha value is -1.33. The van der Waals surface area contributed by atoms with Gasteiger partial charge in [-0.1, -0.05) is 6.07 Å². The molecule has 0 radical (unpaired) electrons. The quantitative estimate of drug-likeness (QED) is 0.605. The number of halogens is 1. The predicted molar refractivity (Wildman–Crippen MR) is 66.3 cm³/mol. The predicted octanol–water partition coefficient (Wildman–Crippen LogP) is 2.15. The lowest BCUT2D eigenvalue weighted by atomic mass is 10.1. The second-order valence-electron chi connectivity index (χ2n) is 3.34. The minimum atomic E-state index is -1.06. The molecule has 0 saturated carbocycles. The molecule has 92 valence electrons. The summed E-state index contributed by atoms with van der Waals surface area (Å²) in [6.07, 6.45) is 2.32. The van der Waals surface area contributed by atoms with Gasteiger partial charge in [-0.2, -0.15) is 11.8 Å². The molecule has 5 heteroatoms. The third-order valence-electron chi connectivity index (χ3n) is 1.90. The Balaban J connectivity index is 2.75. The fourth-order valence-corrected chi connectivity index (χ4v) is 1.95. The Morgan fingerprint density at radius 3 is 2.82 bits per heavy atom. The van der Waals surface area contributed by atoms with Crippen LogP contribution in [0.2, 0.25) is 0 Å². The van der Waals surface area contributed by atoms with E-state index in [4.69, 9.17) is 10.2 Å². The van der Waals surface area contributed by atoms with Gasteiger partial charge in [0.05, 0.1) is 6.61 Å². The highest BCUT2D eigenvalue weighted by Gasteiger charge is 2.00.